The fraction of sp³-hybridized carbons (Fsp3) is 0.500. The van der Waals surface area contributed by atoms with Gasteiger partial charge in [-0.25, -0.2) is 9.78 Å². The largest absolute Gasteiger partial charge is 0.462 e. The van der Waals surface area contributed by atoms with Crippen LogP contribution in [0, 0.1) is 6.92 Å². The molecule has 0 spiro atoms. The molecule has 0 bridgehead atoms. The van der Waals surface area contributed by atoms with Crippen LogP contribution in [0.25, 0.3) is 0 Å². The van der Waals surface area contributed by atoms with E-state index in [4.69, 9.17) is 21.7 Å². The van der Waals surface area contributed by atoms with Crippen LogP contribution >= 0.6 is 23.6 Å². The number of hydrogen-bond donors (Lipinski definition) is 0. The highest BCUT2D eigenvalue weighted by Crippen LogP contribution is 2.26. The second kappa shape index (κ2) is 5.92. The molecule has 94 valence electrons. The maximum Gasteiger partial charge on any atom is 0.354 e. The van der Waals surface area contributed by atoms with E-state index in [1.54, 1.807) is 32.8 Å². The van der Waals surface area contributed by atoms with Crippen molar-refractivity contribution in [3.63, 3.8) is 0 Å². The van der Waals surface area contributed by atoms with E-state index in [1.807, 2.05) is 0 Å². The summed E-state index contributed by atoms with van der Waals surface area (Å²) >= 11 is 6.22. The van der Waals surface area contributed by atoms with Gasteiger partial charge in [0.1, 0.15) is 0 Å². The van der Waals surface area contributed by atoms with E-state index in [1.165, 1.54) is 11.3 Å². The Morgan fingerprint density at radius 2 is 2.18 bits per heavy atom. The van der Waals surface area contributed by atoms with E-state index < -0.39 is 5.97 Å². The number of aryl methyl sites for hydroxylation is 1. The van der Waals surface area contributed by atoms with Crippen LogP contribution in [-0.4, -0.2) is 41.7 Å². The minimum atomic E-state index is -0.436. The maximum atomic E-state index is 11.6. The molecule has 1 aromatic heterocycles. The summed E-state index contributed by atoms with van der Waals surface area (Å²) in [4.78, 5) is 17.7. The molecule has 17 heavy (non-hydrogen) atoms. The third-order valence-electron chi connectivity index (χ3n) is 1.71. The van der Waals surface area contributed by atoms with Crippen molar-refractivity contribution >= 4 is 34.7 Å². The molecule has 7 heteroatoms. The Hall–Kier alpha value is -1.21. The third kappa shape index (κ3) is 3.64. The smallest absolute Gasteiger partial charge is 0.354 e. The van der Waals surface area contributed by atoms with Crippen molar-refractivity contribution < 1.29 is 14.3 Å². The molecule has 1 rings (SSSR count). The van der Waals surface area contributed by atoms with Crippen LogP contribution in [0.4, 0.5) is 0 Å². The van der Waals surface area contributed by atoms with Crippen LogP contribution in [0.3, 0.4) is 0 Å². The number of rotatable bonds is 3. The number of hydrogen-bond acceptors (Lipinski definition) is 6. The molecule has 0 radical (unpaired) electrons. The molecule has 1 heterocycles. The zero-order valence-corrected chi connectivity index (χ0v) is 11.8. The molecule has 0 saturated carbocycles. The topological polar surface area (TPSA) is 51.7 Å². The van der Waals surface area contributed by atoms with E-state index in [2.05, 4.69) is 4.98 Å². The monoisotopic (exact) mass is 274 g/mol. The van der Waals surface area contributed by atoms with Gasteiger partial charge in [-0.05, 0) is 26.1 Å². The summed E-state index contributed by atoms with van der Waals surface area (Å²) in [5.74, 6) is -0.223. The molecule has 0 amide bonds. The predicted octanol–water partition coefficient (Wildman–Crippen LogP) is 1.85. The van der Waals surface area contributed by atoms with E-state index in [0.717, 1.165) is 5.01 Å². The molecular weight excluding hydrogens is 260 g/mol. The maximum absolute atomic E-state index is 11.6. The quantitative estimate of drug-likeness (QED) is 0.619. The highest BCUT2D eigenvalue weighted by atomic mass is 32.1. The highest BCUT2D eigenvalue weighted by Gasteiger charge is 2.21. The number of thiocarbonyl (C=S) groups is 1. The van der Waals surface area contributed by atoms with Gasteiger partial charge in [-0.15, -0.1) is 11.3 Å². The zero-order valence-electron chi connectivity index (χ0n) is 10.1. The first-order valence-corrected chi connectivity index (χ1v) is 6.21. The molecule has 0 saturated heterocycles. The van der Waals surface area contributed by atoms with Crippen LogP contribution < -0.4 is 4.74 Å². The van der Waals surface area contributed by atoms with Crippen molar-refractivity contribution in [2.45, 2.75) is 13.8 Å². The Morgan fingerprint density at radius 3 is 2.71 bits per heavy atom. The fourth-order valence-corrected chi connectivity index (χ4v) is 1.80. The summed E-state index contributed by atoms with van der Waals surface area (Å²) in [7, 11) is 3.51. The van der Waals surface area contributed by atoms with E-state index in [-0.39, 0.29) is 11.1 Å². The van der Waals surface area contributed by atoms with Crippen molar-refractivity contribution in [2.24, 2.45) is 0 Å². The molecule has 0 aliphatic carbocycles. The van der Waals surface area contributed by atoms with Gasteiger partial charge in [0, 0.05) is 14.1 Å². The van der Waals surface area contributed by atoms with Gasteiger partial charge in [0.25, 0.3) is 5.17 Å². The Balaban J connectivity index is 2.92. The fourth-order valence-electron chi connectivity index (χ4n) is 0.977. The third-order valence-corrected chi connectivity index (χ3v) is 3.09. The second-order valence-corrected chi connectivity index (χ2v) is 4.90. The van der Waals surface area contributed by atoms with Gasteiger partial charge in [0.15, 0.2) is 4.88 Å². The Morgan fingerprint density at radius 1 is 1.53 bits per heavy atom. The summed E-state index contributed by atoms with van der Waals surface area (Å²) in [5, 5.41) is 0.977. The number of carbonyl (C=O) groups is 1. The average molecular weight is 274 g/mol. The molecule has 5 nitrogen and oxygen atoms in total. The number of thiazole rings is 1. The summed E-state index contributed by atoms with van der Waals surface area (Å²) in [5.41, 5.74) is 0. The SMILES string of the molecule is CCOC(=O)c1sc(C)nc1OC(=S)N(C)C. The molecule has 0 aromatic carbocycles. The minimum absolute atomic E-state index is 0.213. The standard InChI is InChI=1S/C10H14N2O3S2/c1-5-14-9(13)7-8(11-6(2)17-7)15-10(16)12(3)4/h5H2,1-4H3. The minimum Gasteiger partial charge on any atom is -0.462 e. The van der Waals surface area contributed by atoms with Gasteiger partial charge < -0.3 is 14.4 Å². The van der Waals surface area contributed by atoms with Crippen molar-refractivity contribution in [3.05, 3.63) is 9.88 Å². The lowest BCUT2D eigenvalue weighted by Crippen LogP contribution is -2.25. The number of esters is 1. The van der Waals surface area contributed by atoms with Crippen molar-refractivity contribution in [1.82, 2.24) is 9.88 Å². The number of aromatic nitrogens is 1. The van der Waals surface area contributed by atoms with Gasteiger partial charge in [-0.1, -0.05) is 0 Å². The number of carbonyl (C=O) groups excluding carboxylic acids is 1. The van der Waals surface area contributed by atoms with Crippen LogP contribution in [0.1, 0.15) is 21.6 Å². The molecule has 0 unspecified atom stereocenters. The first kappa shape index (κ1) is 13.9. The molecule has 0 fully saturated rings. The van der Waals surface area contributed by atoms with Crippen molar-refractivity contribution in [3.8, 4) is 5.88 Å². The molecular formula is C10H14N2O3S2. The molecule has 1 aromatic rings. The zero-order chi connectivity index (χ0) is 13.0. The summed E-state index contributed by atoms with van der Waals surface area (Å²) in [6.07, 6.45) is 0. The lowest BCUT2D eigenvalue weighted by molar-refractivity contribution is 0.0529. The van der Waals surface area contributed by atoms with Crippen molar-refractivity contribution in [1.29, 1.82) is 0 Å². The van der Waals surface area contributed by atoms with Crippen LogP contribution in [0.5, 0.6) is 5.88 Å². The lowest BCUT2D eigenvalue weighted by Gasteiger charge is -2.12. The van der Waals surface area contributed by atoms with E-state index in [0.29, 0.717) is 11.5 Å². The molecule has 0 atom stereocenters. The van der Waals surface area contributed by atoms with Gasteiger partial charge >= 0.3 is 5.97 Å². The second-order valence-electron chi connectivity index (χ2n) is 3.35. The number of nitrogens with zero attached hydrogens (tertiary/aromatic N) is 2. The first-order chi connectivity index (χ1) is 7.95. The Labute approximate surface area is 109 Å². The predicted molar refractivity (Wildman–Crippen MR) is 69.7 cm³/mol. The normalized spacial score (nSPS) is 9.88. The van der Waals surface area contributed by atoms with Crippen LogP contribution in [-0.2, 0) is 4.74 Å². The summed E-state index contributed by atoms with van der Waals surface area (Å²) in [6, 6.07) is 0. The molecule has 0 aliphatic rings. The molecule has 0 N–H and O–H groups in total. The number of ether oxygens (including phenoxy) is 2. The summed E-state index contributed by atoms with van der Waals surface area (Å²) < 4.78 is 10.3. The van der Waals surface area contributed by atoms with E-state index in [9.17, 15) is 4.79 Å². The highest BCUT2D eigenvalue weighted by molar-refractivity contribution is 7.80. The van der Waals surface area contributed by atoms with Gasteiger partial charge in [-0.2, -0.15) is 0 Å². The Bertz CT molecular complexity index is 429. The van der Waals surface area contributed by atoms with Crippen LogP contribution in [0.2, 0.25) is 0 Å². The van der Waals surface area contributed by atoms with Crippen molar-refractivity contribution in [2.75, 3.05) is 20.7 Å². The van der Waals surface area contributed by atoms with Crippen LogP contribution in [0.15, 0.2) is 0 Å². The lowest BCUT2D eigenvalue weighted by atomic mass is 10.5. The van der Waals surface area contributed by atoms with E-state index >= 15 is 0 Å². The van der Waals surface area contributed by atoms with Gasteiger partial charge in [0.2, 0.25) is 5.88 Å². The Kier molecular flexibility index (Phi) is 4.83. The summed E-state index contributed by atoms with van der Waals surface area (Å²) in [6.45, 7) is 3.85. The van der Waals surface area contributed by atoms with Gasteiger partial charge in [-0.3, -0.25) is 0 Å². The first-order valence-electron chi connectivity index (χ1n) is 4.99. The average Bonchev–Trinajstić information content (AvgIpc) is 2.59. The van der Waals surface area contributed by atoms with Gasteiger partial charge in [0.05, 0.1) is 11.6 Å². The molecule has 0 aliphatic heterocycles.